The first-order valence-electron chi connectivity index (χ1n) is 35.3. The molecule has 0 aliphatic carbocycles. The first-order valence-corrected chi connectivity index (χ1v) is 35.3. The van der Waals surface area contributed by atoms with Gasteiger partial charge in [-0.3, -0.25) is 24.0 Å². The number of ether oxygens (including phenoxy) is 2. The molecule has 3 aromatic rings. The number of nitrogens with zero attached hydrogens (tertiary/aromatic N) is 5. The number of nitrogens with two attached hydrogens (primary N) is 2. The number of aliphatic hydroxyl groups excluding tert-OH is 8. The smallest absolute Gasteiger partial charge is 0.251 e. The van der Waals surface area contributed by atoms with Gasteiger partial charge in [-0.15, -0.1) is 0 Å². The van der Waals surface area contributed by atoms with Crippen molar-refractivity contribution in [1.29, 1.82) is 0 Å². The van der Waals surface area contributed by atoms with Gasteiger partial charge in [0.2, 0.25) is 29.6 Å². The Hall–Kier alpha value is -6.01. The van der Waals surface area contributed by atoms with Gasteiger partial charge < -0.3 is 93.3 Å². The Morgan fingerprint density at radius 1 is 0.505 bits per heavy atom. The van der Waals surface area contributed by atoms with Crippen molar-refractivity contribution < 1.29 is 74.3 Å². The number of aliphatic hydroxyl groups is 8. The normalized spacial score (nSPS) is 22.1. The summed E-state index contributed by atoms with van der Waals surface area (Å²) in [6.45, 7) is 3.19. The van der Waals surface area contributed by atoms with Crippen molar-refractivity contribution in [2.45, 2.75) is 305 Å². The Kier molecular flexibility index (Phi) is 36.9. The zero-order valence-corrected chi connectivity index (χ0v) is 56.5. The number of carbonyl (C=O) groups is 5. The molecule has 4 unspecified atom stereocenters. The maximum absolute atomic E-state index is 14.8. The molecule has 536 valence electrons. The largest absolute Gasteiger partial charge is 0.394 e. The summed E-state index contributed by atoms with van der Waals surface area (Å²) in [7, 11) is 1.79. The highest BCUT2D eigenvalue weighted by molar-refractivity contribution is 5.99. The second-order valence-electron chi connectivity index (χ2n) is 25.9. The highest BCUT2D eigenvalue weighted by Crippen LogP contribution is 2.25. The number of hydrogen-bond donors (Lipinski definition) is 15. The molecule has 2 aliphatic heterocycles. The fourth-order valence-corrected chi connectivity index (χ4v) is 12.1. The van der Waals surface area contributed by atoms with Gasteiger partial charge in [-0.05, 0) is 43.5 Å². The minimum Gasteiger partial charge on any atom is -0.394 e. The lowest BCUT2D eigenvalue weighted by Gasteiger charge is -2.40. The standard InChI is InChI=1S/C68H114N12O15/c1-4-6-8-10-12-14-16-18-20-22-24-26-28-30-32-47(64(92)78-66-58(88)56(86)54(84)50(42-81)94-66)73-52(83)39-38-49(74-62(90)44-34-36-46(37-35-44)80(3)41-45-40-71-61-53(72-45)60(69)76-68(70)77-61)63(91)75-48(65(93)79-67-59(89)57(87)55(85)51(43-82)95-67)33-31-29-27-25-23-21-19-17-15-13-11-9-7-5-2/h34-37,40,47-51,54-59,66-67,81-82,84-89H,4-33,38-39,41-43H2,1-3H3,(H,73,83)(H,74,90)(H,75,91)(H,78,92)(H,79,93)(H4,69,70,71,76,77)/t47?,48?,49-,50+,51+,54+,55+,56-,57-,58+,59+,66?,67?/m0/s1. The van der Waals surface area contributed by atoms with Gasteiger partial charge >= 0.3 is 0 Å². The van der Waals surface area contributed by atoms with E-state index in [0.717, 1.165) is 64.2 Å². The molecule has 2 aliphatic rings. The molecule has 95 heavy (non-hydrogen) atoms. The third-order valence-electron chi connectivity index (χ3n) is 18.1. The van der Waals surface area contributed by atoms with E-state index >= 15 is 0 Å². The van der Waals surface area contributed by atoms with Crippen LogP contribution >= 0.6 is 0 Å². The predicted octanol–water partition coefficient (Wildman–Crippen LogP) is 4.64. The van der Waals surface area contributed by atoms with Crippen molar-refractivity contribution in [2.24, 2.45) is 0 Å². The number of hydrogen-bond acceptors (Lipinski definition) is 22. The Morgan fingerprint density at radius 3 is 1.35 bits per heavy atom. The summed E-state index contributed by atoms with van der Waals surface area (Å²) in [5.41, 5.74) is 13.6. The SMILES string of the molecule is CCCCCCCCCCCCCCCCC(NC(=O)CC[C@H](NC(=O)c1ccc(N(C)Cc2cnc3nc(N)nc(N)c3n2)cc1)C(=O)NC(CCCCCCCCCCCCCCCC)C(=O)NC1O[C@H](CO)[C@@H](O)[C@H](O)[C@H]1O)C(=O)NC1O[C@H](CO)[C@@H](O)[C@H](O)[C@H]1O. The van der Waals surface area contributed by atoms with Crippen LogP contribution in [0.3, 0.4) is 0 Å². The van der Waals surface area contributed by atoms with Crippen LogP contribution in [0, 0.1) is 0 Å². The second-order valence-corrected chi connectivity index (χ2v) is 25.9. The summed E-state index contributed by atoms with van der Waals surface area (Å²) in [4.78, 5) is 90.5. The second kappa shape index (κ2) is 44.0. The highest BCUT2D eigenvalue weighted by atomic mass is 16.6. The monoisotopic (exact) mass is 1340 g/mol. The predicted molar refractivity (Wildman–Crippen MR) is 361 cm³/mol. The number of carbonyl (C=O) groups excluding carboxylic acids is 5. The average molecular weight is 1340 g/mol. The molecule has 0 radical (unpaired) electrons. The van der Waals surface area contributed by atoms with E-state index in [9.17, 15) is 64.8 Å². The molecule has 1 aromatic carbocycles. The lowest BCUT2D eigenvalue weighted by Crippen LogP contribution is -2.65. The Balaban J connectivity index is 1.32. The van der Waals surface area contributed by atoms with Crippen LogP contribution in [-0.4, -0.2) is 190 Å². The number of rotatable bonds is 47. The first kappa shape index (κ1) is 79.7. The minimum absolute atomic E-state index is 0.0390. The summed E-state index contributed by atoms with van der Waals surface area (Å²) < 4.78 is 11.2. The summed E-state index contributed by atoms with van der Waals surface area (Å²) in [5.74, 6) is -3.90. The van der Waals surface area contributed by atoms with Gasteiger partial charge in [0, 0.05) is 24.7 Å². The van der Waals surface area contributed by atoms with Crippen LogP contribution in [0.2, 0.25) is 0 Å². The maximum Gasteiger partial charge on any atom is 0.251 e. The third-order valence-corrected chi connectivity index (χ3v) is 18.1. The van der Waals surface area contributed by atoms with Crippen LogP contribution in [0.15, 0.2) is 30.5 Å². The van der Waals surface area contributed by atoms with Crippen LogP contribution in [-0.2, 0) is 35.2 Å². The molecule has 0 spiro atoms. The van der Waals surface area contributed by atoms with Crippen molar-refractivity contribution in [1.82, 2.24) is 46.5 Å². The summed E-state index contributed by atoms with van der Waals surface area (Å²) in [5, 5.41) is 96.8. The molecule has 2 saturated heterocycles. The van der Waals surface area contributed by atoms with Gasteiger partial charge in [0.1, 0.15) is 67.0 Å². The molecule has 5 rings (SSSR count). The molecular weight excluding hydrogens is 1220 g/mol. The van der Waals surface area contributed by atoms with Gasteiger partial charge in [-0.25, -0.2) is 9.97 Å². The lowest BCUT2D eigenvalue weighted by molar-refractivity contribution is -0.236. The molecule has 27 nitrogen and oxygen atoms in total. The number of fused-ring (bicyclic) bond motifs is 1. The molecule has 4 heterocycles. The number of unbranched alkanes of at least 4 members (excludes halogenated alkanes) is 26. The summed E-state index contributed by atoms with van der Waals surface area (Å²) >= 11 is 0. The van der Waals surface area contributed by atoms with Crippen LogP contribution < -0.4 is 43.0 Å². The van der Waals surface area contributed by atoms with Crippen molar-refractivity contribution >= 4 is 58.2 Å². The topological polar surface area (TPSA) is 433 Å². The van der Waals surface area contributed by atoms with Gasteiger partial charge in [0.25, 0.3) is 5.91 Å². The number of anilines is 3. The van der Waals surface area contributed by atoms with Crippen molar-refractivity contribution in [3.63, 3.8) is 0 Å². The van der Waals surface area contributed by atoms with Gasteiger partial charge in [0.15, 0.2) is 29.4 Å². The lowest BCUT2D eigenvalue weighted by atomic mass is 9.98. The van der Waals surface area contributed by atoms with Crippen LogP contribution in [0.1, 0.15) is 235 Å². The van der Waals surface area contributed by atoms with Crippen LogP contribution in [0.4, 0.5) is 17.5 Å². The van der Waals surface area contributed by atoms with Gasteiger partial charge in [-0.1, -0.05) is 194 Å². The highest BCUT2D eigenvalue weighted by Gasteiger charge is 2.46. The number of nitrogen functional groups attached to an aromatic ring is 2. The molecule has 27 heteroatoms. The van der Waals surface area contributed by atoms with Gasteiger partial charge in [0.05, 0.1) is 31.6 Å². The van der Waals surface area contributed by atoms with E-state index in [0.29, 0.717) is 30.6 Å². The molecule has 2 aromatic heterocycles. The number of benzene rings is 1. The van der Waals surface area contributed by atoms with E-state index in [-0.39, 0.29) is 54.3 Å². The first-order chi connectivity index (χ1) is 45.8. The number of amides is 5. The Morgan fingerprint density at radius 2 is 0.916 bits per heavy atom. The third kappa shape index (κ3) is 27.4. The van der Waals surface area contributed by atoms with Crippen LogP contribution in [0.25, 0.3) is 11.2 Å². The zero-order chi connectivity index (χ0) is 69.1. The van der Waals surface area contributed by atoms with E-state index in [4.69, 9.17) is 20.9 Å². The van der Waals surface area contributed by atoms with Crippen molar-refractivity contribution in [3.8, 4) is 0 Å². The average Bonchev–Trinajstić information content (AvgIpc) is 0.844. The minimum atomic E-state index is -1.83. The molecule has 17 N–H and O–H groups in total. The van der Waals surface area contributed by atoms with Crippen molar-refractivity contribution in [2.75, 3.05) is 36.6 Å². The fraction of sp³-hybridized carbons (Fsp3) is 0.750. The zero-order valence-electron chi connectivity index (χ0n) is 56.5. The van der Waals surface area contributed by atoms with Gasteiger partial charge in [-0.2, -0.15) is 9.97 Å². The maximum atomic E-state index is 14.8. The fourth-order valence-electron chi connectivity index (χ4n) is 12.1. The molecule has 0 bridgehead atoms. The Bertz CT molecular complexity index is 2720. The van der Waals surface area contributed by atoms with Crippen LogP contribution in [0.5, 0.6) is 0 Å². The van der Waals surface area contributed by atoms with E-state index in [1.165, 1.54) is 115 Å². The quantitative estimate of drug-likeness (QED) is 0.0342. The summed E-state index contributed by atoms with van der Waals surface area (Å²) in [6, 6.07) is 2.36. The molecule has 13 atom stereocenters. The van der Waals surface area contributed by atoms with E-state index in [1.807, 2.05) is 4.90 Å². The molecule has 2 fully saturated rings. The molecule has 0 saturated carbocycles. The van der Waals surface area contributed by atoms with E-state index in [2.05, 4.69) is 60.4 Å². The Labute approximate surface area is 560 Å². The summed E-state index contributed by atoms with van der Waals surface area (Å²) in [6.07, 6.45) is 14.8. The molecular formula is C68H114N12O15. The van der Waals surface area contributed by atoms with E-state index in [1.54, 1.807) is 19.2 Å². The number of nitrogens with one attached hydrogen (secondary N) is 5. The molecule has 5 amide bonds. The number of aromatic nitrogens is 4. The van der Waals surface area contributed by atoms with Crippen molar-refractivity contribution in [3.05, 3.63) is 41.7 Å². The van der Waals surface area contributed by atoms with E-state index < -0.39 is 129 Å².